The summed E-state index contributed by atoms with van der Waals surface area (Å²) in [6.45, 7) is 3.12. The van der Waals surface area contributed by atoms with Crippen LogP contribution >= 0.6 is 7.82 Å². The number of hydrogen-bond acceptors (Lipinski definition) is 12. The molecule has 0 radical (unpaired) electrons. The van der Waals surface area contributed by atoms with E-state index in [9.17, 15) is 44.6 Å². The summed E-state index contributed by atoms with van der Waals surface area (Å²) >= 11 is 0. The summed E-state index contributed by atoms with van der Waals surface area (Å²) in [7, 11) is -5.13. The van der Waals surface area contributed by atoms with Crippen molar-refractivity contribution in [1.29, 1.82) is 0 Å². The SMILES string of the molecule is CCC=CCC=CCC=CCC=CCC=CCCCC(=O)OCC(COP(=O)(O)OC1C(O)C(O)C(O)C(O)C1O)OC(=O)CCCCCCCCCCCCCCC. The molecule has 1 saturated carbocycles. The van der Waals surface area contributed by atoms with E-state index in [1.165, 1.54) is 51.4 Å². The molecule has 6 atom stereocenters. The molecule has 59 heavy (non-hydrogen) atoms. The van der Waals surface area contributed by atoms with Crippen LogP contribution < -0.4 is 0 Å². The summed E-state index contributed by atoms with van der Waals surface area (Å²) < 4.78 is 33.4. The fourth-order valence-electron chi connectivity index (χ4n) is 6.32. The lowest BCUT2D eigenvalue weighted by Crippen LogP contribution is -2.64. The summed E-state index contributed by atoms with van der Waals surface area (Å²) in [5, 5.41) is 50.1. The Labute approximate surface area is 353 Å². The number of allylic oxidation sites excluding steroid dienone is 10. The molecule has 6 unspecified atom stereocenters. The summed E-state index contributed by atoms with van der Waals surface area (Å²) in [5.74, 6) is -1.17. The van der Waals surface area contributed by atoms with Crippen LogP contribution in [0.3, 0.4) is 0 Å². The highest BCUT2D eigenvalue weighted by molar-refractivity contribution is 7.47. The lowest BCUT2D eigenvalue weighted by atomic mass is 9.85. The minimum atomic E-state index is -5.13. The van der Waals surface area contributed by atoms with Crippen LogP contribution in [0, 0.1) is 0 Å². The number of carbonyl (C=O) groups excluding carboxylic acids is 2. The Balaban J connectivity index is 2.52. The van der Waals surface area contributed by atoms with Gasteiger partial charge in [0.2, 0.25) is 0 Å². The van der Waals surface area contributed by atoms with Crippen LogP contribution in [-0.4, -0.2) is 98.3 Å². The van der Waals surface area contributed by atoms with Gasteiger partial charge in [-0.3, -0.25) is 18.6 Å². The van der Waals surface area contributed by atoms with Gasteiger partial charge in [0.25, 0.3) is 0 Å². The average molecular weight is 857 g/mol. The molecule has 0 bridgehead atoms. The number of phosphoric acid groups is 1. The Kier molecular flexibility index (Phi) is 32.5. The number of unbranched alkanes of at least 4 members (excludes halogenated alkanes) is 13. The van der Waals surface area contributed by atoms with Crippen LogP contribution in [0.2, 0.25) is 0 Å². The quantitative estimate of drug-likeness (QED) is 0.0154. The Morgan fingerprint density at radius 2 is 0.966 bits per heavy atom. The summed E-state index contributed by atoms with van der Waals surface area (Å²) in [6.07, 6.45) is 28.6. The molecule has 0 saturated heterocycles. The van der Waals surface area contributed by atoms with Crippen molar-refractivity contribution in [1.82, 2.24) is 0 Å². The number of aliphatic hydroxyl groups excluding tert-OH is 5. The van der Waals surface area contributed by atoms with Crippen molar-refractivity contribution in [3.8, 4) is 0 Å². The fourth-order valence-corrected chi connectivity index (χ4v) is 7.29. The van der Waals surface area contributed by atoms with Gasteiger partial charge < -0.3 is 39.9 Å². The van der Waals surface area contributed by atoms with E-state index in [4.69, 9.17) is 18.5 Å². The number of carbonyl (C=O) groups is 2. The number of esters is 2. The van der Waals surface area contributed by atoms with Gasteiger partial charge in [-0.2, -0.15) is 0 Å². The molecular formula is C45H77O13P. The zero-order valence-corrected chi connectivity index (χ0v) is 36.7. The second-order valence-electron chi connectivity index (χ2n) is 15.2. The molecule has 1 aliphatic rings. The number of aliphatic hydroxyl groups is 5. The predicted molar refractivity (Wildman–Crippen MR) is 230 cm³/mol. The maximum absolute atomic E-state index is 12.8. The van der Waals surface area contributed by atoms with Gasteiger partial charge in [-0.25, -0.2) is 4.57 Å². The van der Waals surface area contributed by atoms with Crippen molar-refractivity contribution in [3.63, 3.8) is 0 Å². The molecule has 1 fully saturated rings. The van der Waals surface area contributed by atoms with Crippen molar-refractivity contribution in [3.05, 3.63) is 60.8 Å². The highest BCUT2D eigenvalue weighted by Gasteiger charge is 2.51. The van der Waals surface area contributed by atoms with Crippen LogP contribution in [0.25, 0.3) is 0 Å². The summed E-state index contributed by atoms with van der Waals surface area (Å²) in [6, 6.07) is 0. The van der Waals surface area contributed by atoms with Gasteiger partial charge in [0.05, 0.1) is 6.61 Å². The summed E-state index contributed by atoms with van der Waals surface area (Å²) in [4.78, 5) is 35.6. The lowest BCUT2D eigenvalue weighted by Gasteiger charge is -2.41. The van der Waals surface area contributed by atoms with Crippen LogP contribution in [0.1, 0.15) is 155 Å². The largest absolute Gasteiger partial charge is 0.472 e. The standard InChI is InChI=1S/C45H77O13P/c1-3-5-7-9-11-13-15-17-18-19-20-22-23-25-27-29-31-33-38(46)55-35-37(36-56-59(53,54)58-45-43(51)41(49)40(48)42(50)44(45)52)57-39(47)34-32-30-28-26-24-21-16-14-12-10-8-6-4-2/h5,7,11,13,17-18,20,22,25,27,37,40-45,48-52H,3-4,6,8-10,12,14-16,19,21,23-24,26,28-36H2,1-2H3,(H,53,54). The van der Waals surface area contributed by atoms with E-state index < -0.39 is 75.7 Å². The molecule has 0 heterocycles. The third-order valence-corrected chi connectivity index (χ3v) is 10.9. The van der Waals surface area contributed by atoms with Gasteiger partial charge in [-0.05, 0) is 51.4 Å². The minimum absolute atomic E-state index is 0.0846. The molecular weight excluding hydrogens is 779 g/mol. The molecule has 0 aromatic carbocycles. The molecule has 0 aromatic heterocycles. The van der Waals surface area contributed by atoms with Crippen molar-refractivity contribution < 1.29 is 63.1 Å². The fraction of sp³-hybridized carbons (Fsp3) is 0.733. The van der Waals surface area contributed by atoms with E-state index in [1.54, 1.807) is 0 Å². The van der Waals surface area contributed by atoms with E-state index in [2.05, 4.69) is 62.5 Å². The predicted octanol–water partition coefficient (Wildman–Crippen LogP) is 8.16. The molecule has 1 rings (SSSR count). The Bertz CT molecular complexity index is 1270. The first-order valence-electron chi connectivity index (χ1n) is 22.1. The highest BCUT2D eigenvalue weighted by Crippen LogP contribution is 2.47. The minimum Gasteiger partial charge on any atom is -0.462 e. The van der Waals surface area contributed by atoms with Crippen LogP contribution in [0.4, 0.5) is 0 Å². The molecule has 6 N–H and O–H groups in total. The zero-order valence-electron chi connectivity index (χ0n) is 35.8. The average Bonchev–Trinajstić information content (AvgIpc) is 3.21. The van der Waals surface area contributed by atoms with Crippen molar-refractivity contribution in [2.75, 3.05) is 13.2 Å². The smallest absolute Gasteiger partial charge is 0.462 e. The molecule has 0 aliphatic heterocycles. The first kappa shape index (κ1) is 54.6. The van der Waals surface area contributed by atoms with Crippen LogP contribution in [-0.2, 0) is 32.7 Å². The van der Waals surface area contributed by atoms with Gasteiger partial charge in [0.1, 0.15) is 43.2 Å². The van der Waals surface area contributed by atoms with Gasteiger partial charge in [-0.15, -0.1) is 0 Å². The second kappa shape index (κ2) is 35.2. The maximum Gasteiger partial charge on any atom is 0.472 e. The Morgan fingerprint density at radius 1 is 0.542 bits per heavy atom. The van der Waals surface area contributed by atoms with E-state index in [-0.39, 0.29) is 12.8 Å². The zero-order chi connectivity index (χ0) is 43.6. The molecule has 0 spiro atoms. The Hall–Kier alpha value is -2.45. The van der Waals surface area contributed by atoms with Gasteiger partial charge in [0.15, 0.2) is 6.10 Å². The van der Waals surface area contributed by atoms with Gasteiger partial charge >= 0.3 is 19.8 Å². The van der Waals surface area contributed by atoms with Crippen molar-refractivity contribution >= 4 is 19.8 Å². The van der Waals surface area contributed by atoms with Gasteiger partial charge in [0, 0.05) is 12.8 Å². The molecule has 13 nitrogen and oxygen atoms in total. The number of phosphoric ester groups is 1. The third-order valence-electron chi connectivity index (χ3n) is 9.87. The summed E-state index contributed by atoms with van der Waals surface area (Å²) in [5.41, 5.74) is 0. The molecule has 0 amide bonds. The topological polar surface area (TPSA) is 210 Å². The van der Waals surface area contributed by atoms with E-state index >= 15 is 0 Å². The second-order valence-corrected chi connectivity index (χ2v) is 16.6. The monoisotopic (exact) mass is 857 g/mol. The van der Waals surface area contributed by atoms with Crippen molar-refractivity contribution in [2.24, 2.45) is 0 Å². The first-order chi connectivity index (χ1) is 28.4. The van der Waals surface area contributed by atoms with Crippen molar-refractivity contribution in [2.45, 2.75) is 198 Å². The van der Waals surface area contributed by atoms with Crippen LogP contribution in [0.15, 0.2) is 60.8 Å². The number of rotatable bonds is 35. The molecule has 0 aromatic rings. The normalized spacial score (nSPS) is 22.9. The maximum atomic E-state index is 12.8. The first-order valence-corrected chi connectivity index (χ1v) is 23.6. The third kappa shape index (κ3) is 27.9. The van der Waals surface area contributed by atoms with E-state index in [0.29, 0.717) is 19.3 Å². The van der Waals surface area contributed by atoms with E-state index in [1.807, 2.05) is 12.2 Å². The number of ether oxygens (including phenoxy) is 2. The highest BCUT2D eigenvalue weighted by atomic mass is 31.2. The van der Waals surface area contributed by atoms with E-state index in [0.717, 1.165) is 57.8 Å². The lowest BCUT2D eigenvalue weighted by molar-refractivity contribution is -0.220. The Morgan fingerprint density at radius 3 is 1.46 bits per heavy atom. The van der Waals surface area contributed by atoms with Gasteiger partial charge in [-0.1, -0.05) is 152 Å². The van der Waals surface area contributed by atoms with Crippen LogP contribution in [0.5, 0.6) is 0 Å². The molecule has 340 valence electrons. The molecule has 14 heteroatoms. The molecule has 1 aliphatic carbocycles. The number of hydrogen-bond donors (Lipinski definition) is 6.